The third-order valence-electron chi connectivity index (χ3n) is 1.67. The van der Waals surface area contributed by atoms with Crippen molar-refractivity contribution in [3.8, 4) is 0 Å². The maximum Gasteiger partial charge on any atom is 0.330 e. The van der Waals surface area contributed by atoms with Crippen LogP contribution >= 0.6 is 0 Å². The van der Waals surface area contributed by atoms with E-state index in [0.717, 1.165) is 0 Å². The Morgan fingerprint density at radius 2 is 1.88 bits per heavy atom. The number of carbonyl (C=O) groups is 1. The van der Waals surface area contributed by atoms with Crippen LogP contribution in [0.4, 0.5) is 0 Å². The predicted molar refractivity (Wildman–Crippen MR) is 58.7 cm³/mol. The molecule has 0 unspecified atom stereocenters. The van der Waals surface area contributed by atoms with Crippen LogP contribution in [0.2, 0.25) is 0 Å². The molecule has 0 fully saturated rings. The molecule has 2 atom stereocenters. The summed E-state index contributed by atoms with van der Waals surface area (Å²) in [4.78, 5) is 11.2. The zero-order chi connectivity index (χ0) is 12.8. The van der Waals surface area contributed by atoms with E-state index in [1.807, 2.05) is 0 Å². The molecule has 0 radical (unpaired) electrons. The Kier molecular flexibility index (Phi) is 6.25. The third kappa shape index (κ3) is 7.39. The molecule has 0 aliphatic rings. The van der Waals surface area contributed by atoms with Gasteiger partial charge in [-0.3, -0.25) is 0 Å². The van der Waals surface area contributed by atoms with Gasteiger partial charge < -0.3 is 20.1 Å². The summed E-state index contributed by atoms with van der Waals surface area (Å²) in [6.07, 6.45) is 0.406. The molecule has 5 nitrogen and oxygen atoms in total. The van der Waals surface area contributed by atoms with Crippen molar-refractivity contribution >= 4 is 5.97 Å². The Balaban J connectivity index is 3.97. The van der Waals surface area contributed by atoms with Gasteiger partial charge in [0.05, 0.1) is 12.7 Å². The fourth-order valence-corrected chi connectivity index (χ4v) is 0.918. The number of aliphatic hydroxyl groups excluding tert-OH is 3. The van der Waals surface area contributed by atoms with Crippen molar-refractivity contribution < 1.29 is 24.9 Å². The Morgan fingerprint density at radius 1 is 1.31 bits per heavy atom. The molecule has 0 heterocycles. The monoisotopic (exact) mass is 232 g/mol. The molecule has 0 aliphatic carbocycles. The second-order valence-corrected chi connectivity index (χ2v) is 4.49. The van der Waals surface area contributed by atoms with Crippen LogP contribution in [0.15, 0.2) is 12.2 Å². The van der Waals surface area contributed by atoms with Crippen molar-refractivity contribution in [1.82, 2.24) is 0 Å². The molecule has 3 N–H and O–H groups in total. The summed E-state index contributed by atoms with van der Waals surface area (Å²) in [5, 5.41) is 26.8. The molecule has 0 amide bonds. The minimum absolute atomic E-state index is 0.0843. The molecule has 0 aromatic rings. The lowest BCUT2D eigenvalue weighted by Gasteiger charge is -2.18. The molecule has 5 heteroatoms. The highest BCUT2D eigenvalue weighted by atomic mass is 16.6. The van der Waals surface area contributed by atoms with Crippen LogP contribution in [0.3, 0.4) is 0 Å². The van der Waals surface area contributed by atoms with Crippen molar-refractivity contribution in [2.45, 2.75) is 45.0 Å². The van der Waals surface area contributed by atoms with Crippen molar-refractivity contribution in [1.29, 1.82) is 0 Å². The van der Waals surface area contributed by atoms with Crippen LogP contribution in [0.5, 0.6) is 0 Å². The molecular formula is C11H20O5. The first kappa shape index (κ1) is 15.1. The fourth-order valence-electron chi connectivity index (χ4n) is 0.918. The van der Waals surface area contributed by atoms with E-state index >= 15 is 0 Å². The SMILES string of the molecule is CC(C)(C)OC(=O)/C=C/C[C@H](O)[C@H](O)CO. The molecular weight excluding hydrogens is 212 g/mol. The van der Waals surface area contributed by atoms with Crippen LogP contribution in [0, 0.1) is 0 Å². The van der Waals surface area contributed by atoms with Gasteiger partial charge in [0.2, 0.25) is 0 Å². The van der Waals surface area contributed by atoms with Crippen molar-refractivity contribution in [3.63, 3.8) is 0 Å². The molecule has 0 bridgehead atoms. The highest BCUT2D eigenvalue weighted by molar-refractivity contribution is 5.82. The zero-order valence-electron chi connectivity index (χ0n) is 9.88. The molecule has 0 saturated heterocycles. The highest BCUT2D eigenvalue weighted by Gasteiger charge is 2.15. The van der Waals surface area contributed by atoms with E-state index < -0.39 is 30.4 Å². The van der Waals surface area contributed by atoms with Crippen LogP contribution in [-0.4, -0.2) is 45.7 Å². The zero-order valence-corrected chi connectivity index (χ0v) is 9.88. The van der Waals surface area contributed by atoms with Crippen LogP contribution in [0.1, 0.15) is 27.2 Å². The molecule has 16 heavy (non-hydrogen) atoms. The Morgan fingerprint density at radius 3 is 2.31 bits per heavy atom. The van der Waals surface area contributed by atoms with E-state index in [1.54, 1.807) is 20.8 Å². The summed E-state index contributed by atoms with van der Waals surface area (Å²) >= 11 is 0. The quantitative estimate of drug-likeness (QED) is 0.458. The minimum atomic E-state index is -1.19. The Hall–Kier alpha value is -0.910. The number of carbonyl (C=O) groups excluding carboxylic acids is 1. The molecule has 0 spiro atoms. The standard InChI is InChI=1S/C11H20O5/c1-11(2,3)16-10(15)6-4-5-8(13)9(14)7-12/h4,6,8-9,12-14H,5,7H2,1-3H3/b6-4+/t8-,9+/m0/s1. The van der Waals surface area contributed by atoms with Gasteiger partial charge in [0.1, 0.15) is 11.7 Å². The number of hydrogen-bond acceptors (Lipinski definition) is 5. The average molecular weight is 232 g/mol. The van der Waals surface area contributed by atoms with Gasteiger partial charge in [-0.15, -0.1) is 0 Å². The lowest BCUT2D eigenvalue weighted by molar-refractivity contribution is -0.148. The maximum atomic E-state index is 11.2. The Labute approximate surface area is 95.4 Å². The van der Waals surface area contributed by atoms with Crippen LogP contribution < -0.4 is 0 Å². The van der Waals surface area contributed by atoms with Gasteiger partial charge in [-0.2, -0.15) is 0 Å². The van der Waals surface area contributed by atoms with E-state index in [0.29, 0.717) is 0 Å². The van der Waals surface area contributed by atoms with Crippen LogP contribution in [-0.2, 0) is 9.53 Å². The number of ether oxygens (including phenoxy) is 1. The number of esters is 1. The van der Waals surface area contributed by atoms with Gasteiger partial charge >= 0.3 is 5.97 Å². The summed E-state index contributed by atoms with van der Waals surface area (Å²) in [6.45, 7) is 4.75. The van der Waals surface area contributed by atoms with Gasteiger partial charge in [0, 0.05) is 6.08 Å². The average Bonchev–Trinajstić information content (AvgIpc) is 2.13. The first-order valence-corrected chi connectivity index (χ1v) is 5.13. The first-order valence-electron chi connectivity index (χ1n) is 5.13. The summed E-state index contributed by atoms with van der Waals surface area (Å²) < 4.78 is 4.99. The first-order chi connectivity index (χ1) is 7.26. The van der Waals surface area contributed by atoms with E-state index in [4.69, 9.17) is 14.9 Å². The van der Waals surface area contributed by atoms with Gasteiger partial charge in [0.15, 0.2) is 0 Å². The lowest BCUT2D eigenvalue weighted by Crippen LogP contribution is -2.28. The fraction of sp³-hybridized carbons (Fsp3) is 0.727. The third-order valence-corrected chi connectivity index (χ3v) is 1.67. The number of aliphatic hydroxyl groups is 3. The molecule has 0 saturated carbocycles. The second kappa shape index (κ2) is 6.62. The number of hydrogen-bond donors (Lipinski definition) is 3. The second-order valence-electron chi connectivity index (χ2n) is 4.49. The Bertz CT molecular complexity index is 241. The van der Waals surface area contributed by atoms with E-state index in [1.165, 1.54) is 12.2 Å². The van der Waals surface area contributed by atoms with Gasteiger partial charge in [-0.05, 0) is 27.2 Å². The highest BCUT2D eigenvalue weighted by Crippen LogP contribution is 2.07. The largest absolute Gasteiger partial charge is 0.457 e. The predicted octanol–water partition coefficient (Wildman–Crippen LogP) is -0.0115. The van der Waals surface area contributed by atoms with Crippen molar-refractivity contribution in [2.75, 3.05) is 6.61 Å². The summed E-state index contributed by atoms with van der Waals surface area (Å²) in [5.41, 5.74) is -0.551. The van der Waals surface area contributed by atoms with Crippen LogP contribution in [0.25, 0.3) is 0 Å². The normalized spacial score (nSPS) is 16.1. The molecule has 0 rings (SSSR count). The summed E-state index contributed by atoms with van der Waals surface area (Å²) in [7, 11) is 0. The minimum Gasteiger partial charge on any atom is -0.457 e. The van der Waals surface area contributed by atoms with Gasteiger partial charge in [-0.25, -0.2) is 4.79 Å². The summed E-state index contributed by atoms with van der Waals surface area (Å²) in [5.74, 6) is -0.502. The lowest BCUT2D eigenvalue weighted by atomic mass is 10.1. The topological polar surface area (TPSA) is 87.0 Å². The molecule has 0 aromatic heterocycles. The van der Waals surface area contributed by atoms with E-state index in [2.05, 4.69) is 0 Å². The van der Waals surface area contributed by atoms with Crippen molar-refractivity contribution in [3.05, 3.63) is 12.2 Å². The van der Waals surface area contributed by atoms with Gasteiger partial charge in [0.25, 0.3) is 0 Å². The van der Waals surface area contributed by atoms with Gasteiger partial charge in [-0.1, -0.05) is 6.08 Å². The van der Waals surface area contributed by atoms with E-state index in [9.17, 15) is 9.90 Å². The molecule has 94 valence electrons. The molecule has 0 aromatic carbocycles. The van der Waals surface area contributed by atoms with E-state index in [-0.39, 0.29) is 6.42 Å². The number of rotatable bonds is 5. The smallest absolute Gasteiger partial charge is 0.330 e. The summed E-state index contributed by atoms with van der Waals surface area (Å²) in [6, 6.07) is 0. The maximum absolute atomic E-state index is 11.2. The molecule has 0 aliphatic heterocycles. The van der Waals surface area contributed by atoms with Crippen molar-refractivity contribution in [2.24, 2.45) is 0 Å².